The highest BCUT2D eigenvalue weighted by Gasteiger charge is 2.51. The molecule has 6 nitrogen and oxygen atoms in total. The van der Waals surface area contributed by atoms with Gasteiger partial charge in [-0.3, -0.25) is 9.59 Å². The standard InChI is InChI=1S/C21H26O6/c1-20(2)15-7-8-21(19(26)27,10-12(15)3-6-18(20)25)11-17(24)14-9-13(22)4-5-16(14)23/h3-5,9,15,18,22-23,25H,6-8,10-11H2,1-2H3,(H,26,27). The van der Waals surface area contributed by atoms with E-state index in [9.17, 15) is 30.0 Å². The molecule has 3 atom stereocenters. The lowest BCUT2D eigenvalue weighted by Crippen LogP contribution is -2.46. The van der Waals surface area contributed by atoms with Gasteiger partial charge in [0.05, 0.1) is 17.1 Å². The Morgan fingerprint density at radius 3 is 2.59 bits per heavy atom. The number of aliphatic hydroxyl groups is 1. The monoisotopic (exact) mass is 374 g/mol. The summed E-state index contributed by atoms with van der Waals surface area (Å²) in [7, 11) is 0. The molecule has 1 aromatic carbocycles. The molecule has 0 aromatic heterocycles. The normalized spacial score (nSPS) is 29.5. The number of ketones is 1. The Balaban J connectivity index is 1.89. The van der Waals surface area contributed by atoms with Crippen LogP contribution >= 0.6 is 0 Å². The van der Waals surface area contributed by atoms with E-state index in [-0.39, 0.29) is 41.2 Å². The lowest BCUT2D eigenvalue weighted by molar-refractivity contribution is -0.151. The number of allylic oxidation sites excluding steroid dienone is 1. The smallest absolute Gasteiger partial charge is 0.310 e. The Kier molecular flexibility index (Phi) is 4.80. The van der Waals surface area contributed by atoms with E-state index < -0.39 is 23.3 Å². The maximum Gasteiger partial charge on any atom is 0.310 e. The zero-order valence-corrected chi connectivity index (χ0v) is 15.6. The van der Waals surface area contributed by atoms with E-state index in [1.54, 1.807) is 0 Å². The second-order valence-corrected chi connectivity index (χ2v) is 8.51. The molecule has 0 amide bonds. The van der Waals surface area contributed by atoms with Gasteiger partial charge < -0.3 is 20.4 Å². The van der Waals surface area contributed by atoms with Gasteiger partial charge in [-0.05, 0) is 55.2 Å². The average Bonchev–Trinajstić information content (AvgIpc) is 2.60. The van der Waals surface area contributed by atoms with Crippen molar-refractivity contribution in [1.29, 1.82) is 0 Å². The number of carbonyl (C=O) groups excluding carboxylic acids is 1. The van der Waals surface area contributed by atoms with Gasteiger partial charge in [-0.2, -0.15) is 0 Å². The molecule has 0 heterocycles. The number of phenolic OH excluding ortho intramolecular Hbond substituents is 2. The SMILES string of the molecule is CC1(C)C(O)CC=C2CC(CC(=O)c3cc(O)ccc3O)(C(=O)O)CCC21. The molecule has 1 aromatic rings. The van der Waals surface area contributed by atoms with Gasteiger partial charge in [0.1, 0.15) is 11.5 Å². The molecule has 146 valence electrons. The fourth-order valence-corrected chi connectivity index (χ4v) is 4.63. The number of aromatic hydroxyl groups is 2. The third kappa shape index (κ3) is 3.34. The Labute approximate surface area is 158 Å². The van der Waals surface area contributed by atoms with Crippen molar-refractivity contribution >= 4 is 11.8 Å². The highest BCUT2D eigenvalue weighted by atomic mass is 16.4. The van der Waals surface area contributed by atoms with Gasteiger partial charge in [0, 0.05) is 6.42 Å². The van der Waals surface area contributed by atoms with Gasteiger partial charge in [0.2, 0.25) is 0 Å². The number of carboxylic acid groups (broad SMARTS) is 1. The van der Waals surface area contributed by atoms with E-state index in [1.165, 1.54) is 12.1 Å². The molecule has 0 bridgehead atoms. The fraction of sp³-hybridized carbons (Fsp3) is 0.524. The number of carbonyl (C=O) groups is 2. The van der Waals surface area contributed by atoms with E-state index in [4.69, 9.17) is 0 Å². The van der Waals surface area contributed by atoms with Gasteiger partial charge >= 0.3 is 5.97 Å². The first-order valence-corrected chi connectivity index (χ1v) is 9.22. The van der Waals surface area contributed by atoms with Crippen LogP contribution in [-0.4, -0.2) is 38.3 Å². The molecule has 1 saturated carbocycles. The zero-order chi connectivity index (χ0) is 20.0. The molecule has 27 heavy (non-hydrogen) atoms. The van der Waals surface area contributed by atoms with Gasteiger partial charge in [-0.25, -0.2) is 0 Å². The van der Waals surface area contributed by atoms with E-state index >= 15 is 0 Å². The van der Waals surface area contributed by atoms with Crippen LogP contribution in [0.4, 0.5) is 0 Å². The van der Waals surface area contributed by atoms with Crippen molar-refractivity contribution in [1.82, 2.24) is 0 Å². The van der Waals surface area contributed by atoms with Gasteiger partial charge in [0.25, 0.3) is 0 Å². The largest absolute Gasteiger partial charge is 0.508 e. The Morgan fingerprint density at radius 2 is 1.93 bits per heavy atom. The van der Waals surface area contributed by atoms with Crippen molar-refractivity contribution in [2.75, 3.05) is 0 Å². The highest BCUT2D eigenvalue weighted by Crippen LogP contribution is 2.54. The summed E-state index contributed by atoms with van der Waals surface area (Å²) >= 11 is 0. The average molecular weight is 374 g/mol. The third-order valence-corrected chi connectivity index (χ3v) is 6.50. The number of aliphatic hydroxyl groups excluding tert-OH is 1. The Bertz CT molecular complexity index is 809. The quantitative estimate of drug-likeness (QED) is 0.365. The minimum atomic E-state index is -1.24. The van der Waals surface area contributed by atoms with E-state index in [0.29, 0.717) is 19.3 Å². The number of benzene rings is 1. The zero-order valence-electron chi connectivity index (χ0n) is 15.6. The molecule has 0 radical (unpaired) electrons. The van der Waals surface area contributed by atoms with E-state index in [2.05, 4.69) is 0 Å². The van der Waals surface area contributed by atoms with E-state index in [1.807, 2.05) is 19.9 Å². The maximum absolute atomic E-state index is 12.7. The number of hydrogen-bond acceptors (Lipinski definition) is 5. The molecule has 2 aliphatic rings. The molecule has 0 spiro atoms. The van der Waals surface area contributed by atoms with Gasteiger partial charge in [-0.1, -0.05) is 25.5 Å². The van der Waals surface area contributed by atoms with E-state index in [0.717, 1.165) is 11.6 Å². The lowest BCUT2D eigenvalue weighted by atomic mass is 9.56. The van der Waals surface area contributed by atoms with Crippen LogP contribution in [0.5, 0.6) is 11.5 Å². The van der Waals surface area contributed by atoms with Crippen LogP contribution in [0.25, 0.3) is 0 Å². The minimum Gasteiger partial charge on any atom is -0.508 e. The van der Waals surface area contributed by atoms with Gasteiger partial charge in [-0.15, -0.1) is 0 Å². The van der Waals surface area contributed by atoms with Crippen LogP contribution < -0.4 is 0 Å². The predicted molar refractivity (Wildman–Crippen MR) is 98.6 cm³/mol. The first-order valence-electron chi connectivity index (χ1n) is 9.22. The first-order chi connectivity index (χ1) is 12.6. The summed E-state index contributed by atoms with van der Waals surface area (Å²) in [6.45, 7) is 4.00. The molecular formula is C21H26O6. The highest BCUT2D eigenvalue weighted by molar-refractivity contribution is 6.01. The van der Waals surface area contributed by atoms with Crippen molar-refractivity contribution in [3.63, 3.8) is 0 Å². The Hall–Kier alpha value is -2.34. The summed E-state index contributed by atoms with van der Waals surface area (Å²) in [6.07, 6.45) is 2.87. The van der Waals surface area contributed by atoms with Gasteiger partial charge in [0.15, 0.2) is 5.78 Å². The summed E-state index contributed by atoms with van der Waals surface area (Å²) in [5, 5.41) is 39.8. The summed E-state index contributed by atoms with van der Waals surface area (Å²) in [5.41, 5.74) is -0.643. The second kappa shape index (κ2) is 6.68. The number of aliphatic carboxylic acids is 1. The van der Waals surface area contributed by atoms with Crippen molar-refractivity contribution in [3.05, 3.63) is 35.4 Å². The number of carboxylic acids is 1. The minimum absolute atomic E-state index is 0.0638. The fourth-order valence-electron chi connectivity index (χ4n) is 4.63. The van der Waals surface area contributed by atoms with Crippen molar-refractivity contribution in [2.45, 2.75) is 52.1 Å². The predicted octanol–water partition coefficient (Wildman–Crippen LogP) is 3.26. The molecule has 3 rings (SSSR count). The van der Waals surface area contributed by atoms with Crippen LogP contribution in [0.2, 0.25) is 0 Å². The Morgan fingerprint density at radius 1 is 1.22 bits per heavy atom. The first kappa shape index (κ1) is 19.4. The number of fused-ring (bicyclic) bond motifs is 1. The molecule has 0 aliphatic heterocycles. The van der Waals surface area contributed by atoms with Crippen LogP contribution in [0, 0.1) is 16.7 Å². The van der Waals surface area contributed by atoms with Crippen LogP contribution in [-0.2, 0) is 4.79 Å². The molecule has 4 N–H and O–H groups in total. The number of rotatable bonds is 4. The lowest BCUT2D eigenvalue weighted by Gasteiger charge is -2.49. The molecule has 6 heteroatoms. The van der Waals surface area contributed by atoms with Crippen LogP contribution in [0.1, 0.15) is 56.3 Å². The summed E-state index contributed by atoms with van der Waals surface area (Å²) in [6, 6.07) is 3.66. The summed E-state index contributed by atoms with van der Waals surface area (Å²) in [5.74, 6) is -1.86. The van der Waals surface area contributed by atoms with Crippen molar-refractivity contribution in [3.8, 4) is 11.5 Å². The summed E-state index contributed by atoms with van der Waals surface area (Å²) in [4.78, 5) is 24.9. The third-order valence-electron chi connectivity index (χ3n) is 6.50. The van der Waals surface area contributed by atoms with Crippen molar-refractivity contribution < 1.29 is 30.0 Å². The number of Topliss-reactive ketones (excluding diaryl/α,β-unsaturated/α-hetero) is 1. The molecule has 0 saturated heterocycles. The summed E-state index contributed by atoms with van der Waals surface area (Å²) < 4.78 is 0. The topological polar surface area (TPSA) is 115 Å². The second-order valence-electron chi connectivity index (χ2n) is 8.51. The van der Waals surface area contributed by atoms with Crippen molar-refractivity contribution in [2.24, 2.45) is 16.7 Å². The molecule has 1 fully saturated rings. The van der Waals surface area contributed by atoms with Crippen LogP contribution in [0.15, 0.2) is 29.8 Å². The molecule has 2 aliphatic carbocycles. The molecule has 3 unspecified atom stereocenters. The maximum atomic E-state index is 12.7. The van der Waals surface area contributed by atoms with Crippen LogP contribution in [0.3, 0.4) is 0 Å². The number of phenols is 2. The molecular weight excluding hydrogens is 348 g/mol. The number of hydrogen-bond donors (Lipinski definition) is 4.